The average Bonchev–Trinajstić information content (AvgIpc) is 2.73. The number of nitrogens with zero attached hydrogens (tertiary/aromatic N) is 1. The van der Waals surface area contributed by atoms with Crippen LogP contribution in [-0.4, -0.2) is 41.9 Å². The van der Waals surface area contributed by atoms with E-state index in [2.05, 4.69) is 34.6 Å². The zero-order chi connectivity index (χ0) is 19.1. The number of hydrogen-bond donors (Lipinski definition) is 2. The SMILES string of the molecule is CCC(CO)NC(=O)C1(Cc2ccc(-c3cccnc3)cc2)CCOCC1. The second-order valence-electron chi connectivity index (χ2n) is 7.27. The summed E-state index contributed by atoms with van der Waals surface area (Å²) in [5, 5.41) is 12.5. The molecule has 1 aromatic carbocycles. The maximum atomic E-state index is 13.1. The molecule has 2 heterocycles. The predicted molar refractivity (Wildman–Crippen MR) is 105 cm³/mol. The van der Waals surface area contributed by atoms with E-state index in [9.17, 15) is 9.90 Å². The van der Waals surface area contributed by atoms with Crippen LogP contribution in [0.1, 0.15) is 31.7 Å². The van der Waals surface area contributed by atoms with Crippen molar-refractivity contribution in [1.82, 2.24) is 10.3 Å². The van der Waals surface area contributed by atoms with Gasteiger partial charge in [0.25, 0.3) is 0 Å². The van der Waals surface area contributed by atoms with Crippen LogP contribution in [0.3, 0.4) is 0 Å². The molecule has 5 nitrogen and oxygen atoms in total. The van der Waals surface area contributed by atoms with Crippen molar-refractivity contribution in [2.45, 2.75) is 38.6 Å². The molecular weight excluding hydrogens is 340 g/mol. The first kappa shape index (κ1) is 19.5. The Morgan fingerprint density at radius 1 is 1.22 bits per heavy atom. The van der Waals surface area contributed by atoms with Crippen LogP contribution >= 0.6 is 0 Å². The first-order valence-corrected chi connectivity index (χ1v) is 9.66. The lowest BCUT2D eigenvalue weighted by atomic mass is 9.74. The van der Waals surface area contributed by atoms with Crippen molar-refractivity contribution in [1.29, 1.82) is 0 Å². The Bertz CT molecular complexity index is 721. The quantitative estimate of drug-likeness (QED) is 0.788. The molecule has 1 unspecified atom stereocenters. The van der Waals surface area contributed by atoms with E-state index in [1.807, 2.05) is 25.3 Å². The van der Waals surface area contributed by atoms with Crippen molar-refractivity contribution in [2.75, 3.05) is 19.8 Å². The average molecular weight is 368 g/mol. The van der Waals surface area contributed by atoms with Crippen molar-refractivity contribution < 1.29 is 14.6 Å². The molecule has 1 aliphatic rings. The second kappa shape index (κ2) is 9.11. The molecule has 1 aliphatic heterocycles. The van der Waals surface area contributed by atoms with Crippen molar-refractivity contribution >= 4 is 5.91 Å². The number of amides is 1. The molecule has 1 amide bonds. The largest absolute Gasteiger partial charge is 0.394 e. The Hall–Kier alpha value is -2.24. The molecule has 1 aromatic heterocycles. The minimum atomic E-state index is -0.476. The molecule has 0 saturated carbocycles. The normalized spacial score (nSPS) is 17.3. The van der Waals surface area contributed by atoms with E-state index in [1.165, 1.54) is 0 Å². The molecule has 0 spiro atoms. The smallest absolute Gasteiger partial charge is 0.227 e. The standard InChI is InChI=1S/C22H28N2O3/c1-2-20(16-25)24-21(26)22(9-12-27-13-10-22)14-17-5-7-18(8-6-17)19-4-3-11-23-15-19/h3-8,11,15,20,25H,2,9-10,12-14,16H2,1H3,(H,24,26). The number of ether oxygens (including phenoxy) is 1. The van der Waals surface area contributed by atoms with Gasteiger partial charge in [-0.05, 0) is 48.4 Å². The summed E-state index contributed by atoms with van der Waals surface area (Å²) in [6, 6.07) is 12.1. The molecule has 2 N–H and O–H groups in total. The maximum absolute atomic E-state index is 13.1. The van der Waals surface area contributed by atoms with Gasteiger partial charge in [0.2, 0.25) is 5.91 Å². The topological polar surface area (TPSA) is 71.5 Å². The molecule has 2 aromatic rings. The van der Waals surface area contributed by atoms with Gasteiger partial charge in [0.1, 0.15) is 0 Å². The highest BCUT2D eigenvalue weighted by atomic mass is 16.5. The summed E-state index contributed by atoms with van der Waals surface area (Å²) in [5.74, 6) is 0.0306. The fourth-order valence-electron chi connectivity index (χ4n) is 3.60. The molecule has 0 aliphatic carbocycles. The Balaban J connectivity index is 1.77. The third-order valence-electron chi connectivity index (χ3n) is 5.47. The molecule has 0 bridgehead atoms. The Kier molecular flexibility index (Phi) is 6.58. The zero-order valence-corrected chi connectivity index (χ0v) is 15.9. The number of rotatable bonds is 7. The van der Waals surface area contributed by atoms with Gasteiger partial charge in [-0.15, -0.1) is 0 Å². The molecule has 27 heavy (non-hydrogen) atoms. The Labute approximate surface area is 160 Å². The van der Waals surface area contributed by atoms with Crippen LogP contribution in [-0.2, 0) is 16.0 Å². The molecule has 1 atom stereocenters. The Morgan fingerprint density at radius 3 is 2.56 bits per heavy atom. The van der Waals surface area contributed by atoms with Gasteiger partial charge in [0.15, 0.2) is 0 Å². The minimum absolute atomic E-state index is 0.0306. The number of hydrogen-bond acceptors (Lipinski definition) is 4. The number of pyridine rings is 1. The van der Waals surface area contributed by atoms with Gasteiger partial charge in [0, 0.05) is 25.6 Å². The first-order valence-electron chi connectivity index (χ1n) is 9.66. The number of aromatic nitrogens is 1. The van der Waals surface area contributed by atoms with E-state index in [4.69, 9.17) is 4.74 Å². The van der Waals surface area contributed by atoms with E-state index >= 15 is 0 Å². The van der Waals surface area contributed by atoms with Gasteiger partial charge in [-0.3, -0.25) is 9.78 Å². The third-order valence-corrected chi connectivity index (χ3v) is 5.47. The summed E-state index contributed by atoms with van der Waals surface area (Å²) in [6.07, 6.45) is 6.41. The lowest BCUT2D eigenvalue weighted by Gasteiger charge is -2.37. The summed E-state index contributed by atoms with van der Waals surface area (Å²) >= 11 is 0. The Morgan fingerprint density at radius 2 is 1.96 bits per heavy atom. The van der Waals surface area contributed by atoms with Crippen LogP contribution < -0.4 is 5.32 Å². The van der Waals surface area contributed by atoms with Gasteiger partial charge in [-0.25, -0.2) is 0 Å². The minimum Gasteiger partial charge on any atom is -0.394 e. The monoisotopic (exact) mass is 368 g/mol. The lowest BCUT2D eigenvalue weighted by Crippen LogP contribution is -2.50. The van der Waals surface area contributed by atoms with E-state index < -0.39 is 5.41 Å². The molecular formula is C22H28N2O3. The van der Waals surface area contributed by atoms with Crippen LogP contribution in [0, 0.1) is 5.41 Å². The van der Waals surface area contributed by atoms with Crippen LogP contribution in [0.15, 0.2) is 48.8 Å². The van der Waals surface area contributed by atoms with Gasteiger partial charge in [0.05, 0.1) is 18.1 Å². The molecule has 3 rings (SSSR count). The van der Waals surface area contributed by atoms with Gasteiger partial charge < -0.3 is 15.2 Å². The van der Waals surface area contributed by atoms with Gasteiger partial charge in [-0.2, -0.15) is 0 Å². The van der Waals surface area contributed by atoms with Crippen molar-refractivity contribution in [3.63, 3.8) is 0 Å². The van der Waals surface area contributed by atoms with E-state index in [1.54, 1.807) is 6.20 Å². The highest BCUT2D eigenvalue weighted by Gasteiger charge is 2.40. The fourth-order valence-corrected chi connectivity index (χ4v) is 3.60. The van der Waals surface area contributed by atoms with Crippen molar-refractivity contribution in [2.24, 2.45) is 5.41 Å². The number of aliphatic hydroxyl groups excluding tert-OH is 1. The lowest BCUT2D eigenvalue weighted by molar-refractivity contribution is -0.137. The predicted octanol–water partition coefficient (Wildman–Crippen LogP) is 2.98. The number of aliphatic hydroxyl groups is 1. The molecule has 1 fully saturated rings. The molecule has 144 valence electrons. The van der Waals surface area contributed by atoms with Crippen molar-refractivity contribution in [3.8, 4) is 11.1 Å². The first-order chi connectivity index (χ1) is 13.2. The summed E-state index contributed by atoms with van der Waals surface area (Å²) in [5.41, 5.74) is 2.85. The fraction of sp³-hybridized carbons (Fsp3) is 0.455. The second-order valence-corrected chi connectivity index (χ2v) is 7.27. The van der Waals surface area contributed by atoms with E-state index in [-0.39, 0.29) is 18.6 Å². The highest BCUT2D eigenvalue weighted by molar-refractivity contribution is 5.83. The summed E-state index contributed by atoms with van der Waals surface area (Å²) in [4.78, 5) is 17.2. The number of benzene rings is 1. The number of carbonyl (C=O) groups excluding carboxylic acids is 1. The van der Waals surface area contributed by atoms with Crippen LogP contribution in [0.25, 0.3) is 11.1 Å². The van der Waals surface area contributed by atoms with Crippen LogP contribution in [0.5, 0.6) is 0 Å². The van der Waals surface area contributed by atoms with Gasteiger partial charge >= 0.3 is 0 Å². The highest BCUT2D eigenvalue weighted by Crippen LogP contribution is 2.35. The number of carbonyl (C=O) groups is 1. The third kappa shape index (κ3) is 4.73. The number of nitrogens with one attached hydrogen (secondary N) is 1. The molecule has 1 saturated heterocycles. The summed E-state index contributed by atoms with van der Waals surface area (Å²) in [6.45, 7) is 3.12. The summed E-state index contributed by atoms with van der Waals surface area (Å²) < 4.78 is 5.51. The molecule has 5 heteroatoms. The van der Waals surface area contributed by atoms with E-state index in [0.717, 1.165) is 16.7 Å². The van der Waals surface area contributed by atoms with E-state index in [0.29, 0.717) is 38.9 Å². The van der Waals surface area contributed by atoms with Crippen LogP contribution in [0.2, 0.25) is 0 Å². The van der Waals surface area contributed by atoms with Crippen LogP contribution in [0.4, 0.5) is 0 Å². The molecule has 0 radical (unpaired) electrons. The maximum Gasteiger partial charge on any atom is 0.227 e. The van der Waals surface area contributed by atoms with Crippen molar-refractivity contribution in [3.05, 3.63) is 54.4 Å². The van der Waals surface area contributed by atoms with Gasteiger partial charge in [-0.1, -0.05) is 37.3 Å². The summed E-state index contributed by atoms with van der Waals surface area (Å²) in [7, 11) is 0. The zero-order valence-electron chi connectivity index (χ0n) is 15.9.